The summed E-state index contributed by atoms with van der Waals surface area (Å²) in [6, 6.07) is 40.7. The summed E-state index contributed by atoms with van der Waals surface area (Å²) < 4.78 is 93.2. The molecule has 0 saturated heterocycles. The van der Waals surface area contributed by atoms with E-state index in [9.17, 15) is 5.48 Å². The van der Waals surface area contributed by atoms with Crippen LogP contribution in [0, 0.1) is 13.8 Å². The zero-order chi connectivity index (χ0) is 48.3. The molecule has 0 aliphatic rings. The topological polar surface area (TPSA) is 15.3 Å². The van der Waals surface area contributed by atoms with E-state index in [0.29, 0.717) is 22.7 Å². The van der Waals surface area contributed by atoms with Crippen LogP contribution in [0.5, 0.6) is 0 Å². The van der Waals surface area contributed by atoms with Crippen LogP contribution in [0.2, 0.25) is 0 Å². The third kappa shape index (κ3) is 4.39. The predicted molar refractivity (Wildman–Crippen MR) is 255 cm³/mol. The first kappa shape index (κ1) is 24.8. The number of aryl methyl sites for hydroxylation is 2. The molecule has 0 N–H and O–H groups in total. The van der Waals surface area contributed by atoms with Gasteiger partial charge in [-0.1, -0.05) is 121 Å². The molecule has 0 fully saturated rings. The number of benzene rings is 9. The van der Waals surface area contributed by atoms with Crippen molar-refractivity contribution in [2.24, 2.45) is 0 Å². The van der Waals surface area contributed by atoms with Gasteiger partial charge in [0.05, 0.1) is 58.2 Å². The van der Waals surface area contributed by atoms with Crippen molar-refractivity contribution in [3.63, 3.8) is 0 Å². The highest BCUT2D eigenvalue weighted by molar-refractivity contribution is 6.32. The molecular formula is C56H38N4. The van der Waals surface area contributed by atoms with Gasteiger partial charge in [-0.05, 0) is 97.7 Å². The zero-order valence-corrected chi connectivity index (χ0v) is 32.5. The predicted octanol–water partition coefficient (Wildman–Crippen LogP) is 15.5. The molecule has 4 aromatic heterocycles. The fourth-order valence-corrected chi connectivity index (χ4v) is 9.92. The molecule has 4 heteroatoms. The second-order valence-corrected chi connectivity index (χ2v) is 15.5. The highest BCUT2D eigenvalue weighted by Crippen LogP contribution is 2.51. The van der Waals surface area contributed by atoms with Gasteiger partial charge in [0.15, 0.2) is 0 Å². The molecule has 0 atom stereocenters. The SMILES string of the molecule is [2H]c1c([2H])c([2H])c(N(c2ccccc2C)c2ccc3c4cc5c(cc4n4c6ccccc6c2c34)c2ccc(N(c3ccccc3C)c3c([2H])c([2H])c([2H])c([2H])c3[2H])c3c4ccccc4n5c23)c([2H])c1[2H]. The lowest BCUT2D eigenvalue weighted by molar-refractivity contribution is 1.26. The maximum Gasteiger partial charge on any atom is 0.0645 e. The Morgan fingerprint density at radius 3 is 1.20 bits per heavy atom. The standard InChI is InChI=1S/C56H38N4/c1-35-17-9-13-25-45(35)57(37-19-5-3-6-20-37)49-31-29-39-43-33-52-44(34-51(43)59-47-27-15-11-23-41(47)53(49)55(39)59)40-30-32-50(54-42-24-12-16-28-48(42)60(52)56(40)54)58(38-21-7-4-8-22-38)46-26-14-10-18-36(46)2/h3-34H,1-2H3/i3D,4D,5D,6D,7D,8D,19D,20D,21D,22D. The molecular weight excluding hydrogens is 729 g/mol. The lowest BCUT2D eigenvalue weighted by Gasteiger charge is -2.28. The van der Waals surface area contributed by atoms with Gasteiger partial charge in [-0.25, -0.2) is 0 Å². The van der Waals surface area contributed by atoms with Gasteiger partial charge >= 0.3 is 0 Å². The third-order valence-electron chi connectivity index (χ3n) is 12.4. The zero-order valence-electron chi connectivity index (χ0n) is 42.5. The Morgan fingerprint density at radius 2 is 0.767 bits per heavy atom. The maximum atomic E-state index is 9.21. The highest BCUT2D eigenvalue weighted by Gasteiger charge is 2.28. The van der Waals surface area contributed by atoms with E-state index in [-0.39, 0.29) is 35.5 Å². The molecule has 60 heavy (non-hydrogen) atoms. The molecule has 13 aromatic rings. The average molecular weight is 777 g/mol. The Labute approximate surface area is 360 Å². The molecule has 0 aliphatic heterocycles. The highest BCUT2D eigenvalue weighted by atomic mass is 15.2. The smallest absolute Gasteiger partial charge is 0.0645 e. The van der Waals surface area contributed by atoms with Crippen molar-refractivity contribution in [2.75, 3.05) is 9.80 Å². The van der Waals surface area contributed by atoms with Crippen LogP contribution in [-0.4, -0.2) is 8.80 Å². The largest absolute Gasteiger partial charge is 0.310 e. The molecule has 282 valence electrons. The van der Waals surface area contributed by atoms with Crippen LogP contribution in [-0.2, 0) is 0 Å². The fourth-order valence-electron chi connectivity index (χ4n) is 9.92. The van der Waals surface area contributed by atoms with Crippen molar-refractivity contribution in [3.8, 4) is 0 Å². The molecule has 0 radical (unpaired) electrons. The second-order valence-electron chi connectivity index (χ2n) is 15.5. The van der Waals surface area contributed by atoms with Gasteiger partial charge in [-0.2, -0.15) is 0 Å². The van der Waals surface area contributed by atoms with Crippen LogP contribution in [0.25, 0.3) is 76.2 Å². The fraction of sp³-hybridized carbons (Fsp3) is 0.0357. The quantitative estimate of drug-likeness (QED) is 0.167. The van der Waals surface area contributed by atoms with Crippen molar-refractivity contribution in [1.29, 1.82) is 0 Å². The Balaban J connectivity index is 1.14. The minimum atomic E-state index is -0.454. The molecule has 0 spiro atoms. The van der Waals surface area contributed by atoms with Gasteiger partial charge in [-0.15, -0.1) is 0 Å². The minimum Gasteiger partial charge on any atom is -0.310 e. The molecule has 0 bridgehead atoms. The van der Waals surface area contributed by atoms with Crippen LogP contribution in [0.3, 0.4) is 0 Å². The van der Waals surface area contributed by atoms with Crippen LogP contribution in [0.4, 0.5) is 34.1 Å². The first-order chi connectivity index (χ1) is 33.8. The van der Waals surface area contributed by atoms with Gasteiger partial charge in [-0.3, -0.25) is 0 Å². The normalized spacial score (nSPS) is 14.5. The van der Waals surface area contributed by atoms with E-state index >= 15 is 0 Å². The van der Waals surface area contributed by atoms with E-state index in [1.54, 1.807) is 0 Å². The summed E-state index contributed by atoms with van der Waals surface area (Å²) in [7, 11) is 0. The average Bonchev–Trinajstić information content (AvgIpc) is 4.10. The summed E-state index contributed by atoms with van der Waals surface area (Å²) in [5, 5.41) is 7.61. The number of rotatable bonds is 6. The van der Waals surface area contributed by atoms with E-state index in [4.69, 9.17) is 8.22 Å². The summed E-state index contributed by atoms with van der Waals surface area (Å²) in [4.78, 5) is 3.66. The van der Waals surface area contributed by atoms with Crippen molar-refractivity contribution < 1.29 is 13.7 Å². The van der Waals surface area contributed by atoms with Crippen molar-refractivity contribution in [3.05, 3.63) is 205 Å². The minimum absolute atomic E-state index is 0.0639. The number of anilines is 6. The van der Waals surface area contributed by atoms with Crippen molar-refractivity contribution >= 4 is 110 Å². The number of nitrogens with zero attached hydrogens (tertiary/aromatic N) is 4. The number of aromatic nitrogens is 2. The monoisotopic (exact) mass is 776 g/mol. The van der Waals surface area contributed by atoms with Crippen LogP contribution >= 0.6 is 0 Å². The summed E-state index contributed by atoms with van der Waals surface area (Å²) >= 11 is 0. The number of para-hydroxylation sites is 6. The van der Waals surface area contributed by atoms with E-state index in [1.807, 2.05) is 109 Å². The van der Waals surface area contributed by atoms with Gasteiger partial charge < -0.3 is 18.6 Å². The summed E-state index contributed by atoms with van der Waals surface area (Å²) in [5.41, 5.74) is 10.3. The molecule has 4 heterocycles. The van der Waals surface area contributed by atoms with E-state index in [2.05, 4.69) is 57.3 Å². The van der Waals surface area contributed by atoms with Crippen LogP contribution < -0.4 is 9.80 Å². The summed E-state index contributed by atoms with van der Waals surface area (Å²) in [6.07, 6.45) is 0. The number of hydrogen-bond donors (Lipinski definition) is 0. The van der Waals surface area contributed by atoms with Crippen molar-refractivity contribution in [1.82, 2.24) is 8.80 Å². The molecule has 0 aliphatic carbocycles. The van der Waals surface area contributed by atoms with E-state index < -0.39 is 36.3 Å². The Morgan fingerprint density at radius 1 is 0.367 bits per heavy atom. The number of hydrogen-bond acceptors (Lipinski definition) is 2. The van der Waals surface area contributed by atoms with Crippen molar-refractivity contribution in [2.45, 2.75) is 13.8 Å². The first-order valence-corrected chi connectivity index (χ1v) is 20.0. The van der Waals surface area contributed by atoms with E-state index in [1.165, 1.54) is 0 Å². The van der Waals surface area contributed by atoms with Gasteiger partial charge in [0.2, 0.25) is 0 Å². The van der Waals surface area contributed by atoms with Gasteiger partial charge in [0.1, 0.15) is 0 Å². The van der Waals surface area contributed by atoms with Crippen LogP contribution in [0.15, 0.2) is 194 Å². The van der Waals surface area contributed by atoms with E-state index in [0.717, 1.165) is 87.3 Å². The second kappa shape index (κ2) is 12.3. The molecule has 0 unspecified atom stereocenters. The Hall–Kier alpha value is -7.82. The maximum absolute atomic E-state index is 9.21. The Kier molecular flexibility index (Phi) is 5.11. The molecule has 0 amide bonds. The van der Waals surface area contributed by atoms with Gasteiger partial charge in [0, 0.05) is 65.8 Å². The summed E-state index contributed by atoms with van der Waals surface area (Å²) in [5.74, 6) is 0. The lowest BCUT2D eigenvalue weighted by atomic mass is 10.0. The number of fused-ring (bicyclic) bond motifs is 12. The molecule has 9 aromatic carbocycles. The molecule has 0 saturated carbocycles. The molecule has 4 nitrogen and oxygen atoms in total. The Bertz CT molecular complexity index is 4080. The third-order valence-corrected chi connectivity index (χ3v) is 12.4. The molecule has 13 rings (SSSR count). The summed E-state index contributed by atoms with van der Waals surface area (Å²) in [6.45, 7) is 3.92. The van der Waals surface area contributed by atoms with Crippen LogP contribution in [0.1, 0.15) is 24.8 Å². The first-order valence-electron chi connectivity index (χ1n) is 25.0. The lowest BCUT2D eigenvalue weighted by Crippen LogP contribution is -2.11. The van der Waals surface area contributed by atoms with Gasteiger partial charge in [0.25, 0.3) is 0 Å².